The van der Waals surface area contributed by atoms with Crippen molar-refractivity contribution in [3.05, 3.63) is 60.2 Å². The van der Waals surface area contributed by atoms with Crippen LogP contribution in [0.25, 0.3) is 10.8 Å². The molecule has 0 unspecified atom stereocenters. The molecule has 5 heteroatoms. The number of ether oxygens (including phenoxy) is 4. The second kappa shape index (κ2) is 11.1. The molecule has 3 aromatic carbocycles. The van der Waals surface area contributed by atoms with Gasteiger partial charge in [-0.15, -0.1) is 5.92 Å². The maximum absolute atomic E-state index is 5.94. The summed E-state index contributed by atoms with van der Waals surface area (Å²) in [5.41, 5.74) is 2.93. The lowest BCUT2D eigenvalue weighted by molar-refractivity contribution is 0.132. The molecule has 0 aliphatic heterocycles. The van der Waals surface area contributed by atoms with Crippen LogP contribution in [0.5, 0.6) is 11.5 Å². The number of anilines is 2. The topological polar surface area (TPSA) is 49.0 Å². The summed E-state index contributed by atoms with van der Waals surface area (Å²) in [6.07, 6.45) is 0. The van der Waals surface area contributed by atoms with Crippen molar-refractivity contribution in [3.63, 3.8) is 0 Å². The lowest BCUT2D eigenvalue weighted by Gasteiger charge is -2.16. The van der Waals surface area contributed by atoms with Gasteiger partial charge in [0.2, 0.25) is 0 Å². The van der Waals surface area contributed by atoms with E-state index in [1.165, 1.54) is 0 Å². The molecule has 0 radical (unpaired) electrons. The van der Waals surface area contributed by atoms with Gasteiger partial charge in [-0.3, -0.25) is 0 Å². The van der Waals surface area contributed by atoms with Gasteiger partial charge in [0, 0.05) is 36.5 Å². The van der Waals surface area contributed by atoms with Crippen LogP contribution in [0.15, 0.2) is 54.6 Å². The molecular weight excluding hydrogens is 378 g/mol. The maximum Gasteiger partial charge on any atom is 0.162 e. The summed E-state index contributed by atoms with van der Waals surface area (Å²) in [6, 6.07) is 18.2. The minimum absolute atomic E-state index is 0.440. The Bertz CT molecular complexity index is 1040. The summed E-state index contributed by atoms with van der Waals surface area (Å²) in [5.74, 6) is 7.39. The fourth-order valence-electron chi connectivity index (χ4n) is 3.06. The van der Waals surface area contributed by atoms with Gasteiger partial charge in [-0.25, -0.2) is 0 Å². The predicted octanol–water partition coefficient (Wildman–Crippen LogP) is 5.01. The van der Waals surface area contributed by atoms with E-state index in [-0.39, 0.29) is 0 Å². The zero-order valence-corrected chi connectivity index (χ0v) is 17.7. The van der Waals surface area contributed by atoms with Gasteiger partial charge in [-0.2, -0.15) is 0 Å². The molecule has 0 aliphatic rings. The van der Waals surface area contributed by atoms with Gasteiger partial charge in [0.25, 0.3) is 0 Å². The zero-order valence-electron chi connectivity index (χ0n) is 17.7. The third-order valence-corrected chi connectivity index (χ3v) is 4.45. The Balaban J connectivity index is 1.95. The summed E-state index contributed by atoms with van der Waals surface area (Å²) in [6.45, 7) is 3.73. The predicted molar refractivity (Wildman–Crippen MR) is 121 cm³/mol. The molecule has 0 heterocycles. The monoisotopic (exact) mass is 405 g/mol. The number of hydrogen-bond donors (Lipinski definition) is 1. The van der Waals surface area contributed by atoms with E-state index in [2.05, 4.69) is 23.2 Å². The molecule has 0 saturated carbocycles. The van der Waals surface area contributed by atoms with Gasteiger partial charge in [0.15, 0.2) is 11.5 Å². The van der Waals surface area contributed by atoms with Crippen molar-refractivity contribution in [1.82, 2.24) is 0 Å². The van der Waals surface area contributed by atoms with Crippen LogP contribution in [-0.4, -0.2) is 40.6 Å². The molecular formula is C25H27NO4. The molecule has 1 N–H and O–H groups in total. The second-order valence-electron chi connectivity index (χ2n) is 6.59. The van der Waals surface area contributed by atoms with Crippen molar-refractivity contribution in [2.45, 2.75) is 6.92 Å². The normalized spacial score (nSPS) is 10.4. The van der Waals surface area contributed by atoms with Crippen molar-refractivity contribution in [2.75, 3.05) is 46.0 Å². The number of fused-ring (bicyclic) bond motifs is 1. The van der Waals surface area contributed by atoms with Crippen molar-refractivity contribution in [3.8, 4) is 23.3 Å². The third-order valence-electron chi connectivity index (χ3n) is 4.45. The number of methoxy groups -OCH3 is 2. The van der Waals surface area contributed by atoms with Crippen molar-refractivity contribution < 1.29 is 18.9 Å². The molecule has 0 saturated heterocycles. The molecule has 3 rings (SSSR count). The fourth-order valence-corrected chi connectivity index (χ4v) is 3.06. The van der Waals surface area contributed by atoms with Gasteiger partial charge in [0.1, 0.15) is 13.2 Å². The summed E-state index contributed by atoms with van der Waals surface area (Å²) < 4.78 is 22.0. The molecule has 0 bridgehead atoms. The van der Waals surface area contributed by atoms with E-state index in [0.29, 0.717) is 37.9 Å². The molecule has 156 valence electrons. The molecule has 0 amide bonds. The smallest absolute Gasteiger partial charge is 0.162 e. The minimum Gasteiger partial charge on any atom is -0.487 e. The van der Waals surface area contributed by atoms with E-state index in [1.54, 1.807) is 14.2 Å². The molecule has 3 aromatic rings. The van der Waals surface area contributed by atoms with Gasteiger partial charge in [-0.05, 0) is 48.7 Å². The highest BCUT2D eigenvalue weighted by Crippen LogP contribution is 2.36. The largest absolute Gasteiger partial charge is 0.487 e. The van der Waals surface area contributed by atoms with Gasteiger partial charge < -0.3 is 24.3 Å². The molecule has 30 heavy (non-hydrogen) atoms. The van der Waals surface area contributed by atoms with Gasteiger partial charge >= 0.3 is 0 Å². The Hall–Kier alpha value is -3.20. The maximum atomic E-state index is 5.94. The van der Waals surface area contributed by atoms with E-state index in [0.717, 1.165) is 27.7 Å². The Kier molecular flexibility index (Phi) is 7.96. The highest BCUT2D eigenvalue weighted by Gasteiger charge is 2.11. The zero-order chi connectivity index (χ0) is 21.2. The highest BCUT2D eigenvalue weighted by molar-refractivity contribution is 5.97. The quantitative estimate of drug-likeness (QED) is 0.380. The summed E-state index contributed by atoms with van der Waals surface area (Å²) in [5, 5.41) is 5.59. The molecule has 0 spiro atoms. The van der Waals surface area contributed by atoms with Crippen LogP contribution < -0.4 is 14.8 Å². The van der Waals surface area contributed by atoms with Gasteiger partial charge in [-0.1, -0.05) is 24.1 Å². The van der Waals surface area contributed by atoms with E-state index >= 15 is 0 Å². The van der Waals surface area contributed by atoms with E-state index in [1.807, 2.05) is 55.5 Å². The standard InChI is InChI=1S/C25H27NO4/c1-4-7-19-8-5-10-21(16-19)26-23-11-6-9-20-17-24(29-14-12-27-2)25(18-22(20)23)30-15-13-28-3/h5-6,8-11,16-18,26H,12-15H2,1-3H3. The molecule has 0 aromatic heterocycles. The van der Waals surface area contributed by atoms with Gasteiger partial charge in [0.05, 0.1) is 13.2 Å². The van der Waals surface area contributed by atoms with Crippen molar-refractivity contribution >= 4 is 22.1 Å². The van der Waals surface area contributed by atoms with Crippen LogP contribution in [0.3, 0.4) is 0 Å². The Morgan fingerprint density at radius 1 is 0.800 bits per heavy atom. The van der Waals surface area contributed by atoms with Crippen molar-refractivity contribution in [2.24, 2.45) is 0 Å². The molecule has 0 fully saturated rings. The average Bonchev–Trinajstić information content (AvgIpc) is 2.75. The summed E-state index contributed by atoms with van der Waals surface area (Å²) in [7, 11) is 3.30. The lowest BCUT2D eigenvalue weighted by atomic mass is 10.1. The summed E-state index contributed by atoms with van der Waals surface area (Å²) in [4.78, 5) is 0. The first-order chi connectivity index (χ1) is 14.7. The first kappa shape index (κ1) is 21.5. The SMILES string of the molecule is CC#Cc1cccc(Nc2cccc3cc(OCCOC)c(OCCOC)cc23)c1. The Morgan fingerprint density at radius 2 is 1.50 bits per heavy atom. The first-order valence-electron chi connectivity index (χ1n) is 9.85. The van der Waals surface area contributed by atoms with Crippen LogP contribution in [0.1, 0.15) is 12.5 Å². The van der Waals surface area contributed by atoms with Crippen LogP contribution in [0.2, 0.25) is 0 Å². The van der Waals surface area contributed by atoms with Crippen LogP contribution in [-0.2, 0) is 9.47 Å². The van der Waals surface area contributed by atoms with Crippen molar-refractivity contribution in [1.29, 1.82) is 0 Å². The Labute approximate surface area is 177 Å². The Morgan fingerprint density at radius 3 is 2.20 bits per heavy atom. The number of rotatable bonds is 10. The minimum atomic E-state index is 0.440. The van der Waals surface area contributed by atoms with Crippen LogP contribution >= 0.6 is 0 Å². The molecule has 0 atom stereocenters. The number of benzene rings is 3. The lowest BCUT2D eigenvalue weighted by Crippen LogP contribution is -2.08. The first-order valence-corrected chi connectivity index (χ1v) is 9.85. The average molecular weight is 405 g/mol. The third kappa shape index (κ3) is 5.66. The molecule has 0 aliphatic carbocycles. The van der Waals surface area contributed by atoms with E-state index in [9.17, 15) is 0 Å². The second-order valence-corrected chi connectivity index (χ2v) is 6.59. The summed E-state index contributed by atoms with van der Waals surface area (Å²) >= 11 is 0. The molecule has 5 nitrogen and oxygen atoms in total. The van der Waals surface area contributed by atoms with E-state index in [4.69, 9.17) is 18.9 Å². The van der Waals surface area contributed by atoms with Crippen LogP contribution in [0.4, 0.5) is 11.4 Å². The highest BCUT2D eigenvalue weighted by atomic mass is 16.5. The number of hydrogen-bond acceptors (Lipinski definition) is 5. The van der Waals surface area contributed by atoms with Crippen LogP contribution in [0, 0.1) is 11.8 Å². The number of nitrogens with one attached hydrogen (secondary N) is 1. The fraction of sp³-hybridized carbons (Fsp3) is 0.280. The van der Waals surface area contributed by atoms with E-state index < -0.39 is 0 Å².